The van der Waals surface area contributed by atoms with E-state index in [0.717, 1.165) is 16.8 Å². The molecule has 4 rings (SSSR count). The average molecular weight is 406 g/mol. The van der Waals surface area contributed by atoms with Crippen molar-refractivity contribution in [3.05, 3.63) is 65.5 Å². The van der Waals surface area contributed by atoms with Crippen LogP contribution >= 0.6 is 0 Å². The number of methoxy groups -OCH3 is 3. The topological polar surface area (TPSA) is 70.4 Å². The highest BCUT2D eigenvalue weighted by atomic mass is 16.5. The monoisotopic (exact) mass is 406 g/mol. The molecule has 0 saturated carbocycles. The van der Waals surface area contributed by atoms with E-state index >= 15 is 0 Å². The van der Waals surface area contributed by atoms with Crippen molar-refractivity contribution < 1.29 is 14.2 Å². The number of ether oxygens (including phenoxy) is 3. The van der Waals surface area contributed by atoms with Gasteiger partial charge in [-0.15, -0.1) is 0 Å². The van der Waals surface area contributed by atoms with Crippen molar-refractivity contribution in [3.63, 3.8) is 0 Å². The van der Waals surface area contributed by atoms with Gasteiger partial charge >= 0.3 is 0 Å². The van der Waals surface area contributed by atoms with E-state index in [4.69, 9.17) is 14.2 Å². The summed E-state index contributed by atoms with van der Waals surface area (Å²) in [5.74, 6) is 3.08. The van der Waals surface area contributed by atoms with Gasteiger partial charge in [-0.05, 0) is 29.2 Å². The number of hydrogen-bond donors (Lipinski definition) is 1. The molecular formula is C23H26N4O3. The lowest BCUT2D eigenvalue weighted by atomic mass is 9.98. The molecule has 0 radical (unpaired) electrons. The molecule has 7 nitrogen and oxygen atoms in total. The molecule has 0 spiro atoms. The Morgan fingerprint density at radius 3 is 2.23 bits per heavy atom. The number of hydrogen-bond acceptors (Lipinski definition) is 6. The second-order valence-electron chi connectivity index (χ2n) is 7.40. The summed E-state index contributed by atoms with van der Waals surface area (Å²) in [6.07, 6.45) is 3.66. The van der Waals surface area contributed by atoms with Gasteiger partial charge in [0.1, 0.15) is 18.1 Å². The van der Waals surface area contributed by atoms with Crippen LogP contribution in [0.1, 0.15) is 42.5 Å². The standard InChI is InChI=1S/C23H26N4O3/c1-14(2)15-6-8-16(9-7-15)18-11-19(27-23(26-18)24-13-25-27)17-10-21(29-4)22(30-5)12-20(17)28-3/h6-14,19H,1-5H3,(H,24,25,26)/t19-/m0/s1. The Balaban J connectivity index is 1.82. The zero-order valence-corrected chi connectivity index (χ0v) is 17.8. The van der Waals surface area contributed by atoms with Gasteiger partial charge in [-0.25, -0.2) is 4.68 Å². The van der Waals surface area contributed by atoms with Crippen LogP contribution in [0.4, 0.5) is 5.95 Å². The number of allylic oxidation sites excluding steroid dienone is 1. The highest BCUT2D eigenvalue weighted by molar-refractivity contribution is 5.77. The summed E-state index contributed by atoms with van der Waals surface area (Å²) < 4.78 is 18.4. The van der Waals surface area contributed by atoms with Crippen molar-refractivity contribution in [2.75, 3.05) is 26.6 Å². The third-order valence-corrected chi connectivity index (χ3v) is 5.35. The van der Waals surface area contributed by atoms with Crippen molar-refractivity contribution in [1.82, 2.24) is 14.8 Å². The maximum absolute atomic E-state index is 5.67. The lowest BCUT2D eigenvalue weighted by Crippen LogP contribution is -2.21. The summed E-state index contributed by atoms with van der Waals surface area (Å²) in [4.78, 5) is 4.39. The van der Waals surface area contributed by atoms with E-state index in [9.17, 15) is 0 Å². The van der Waals surface area contributed by atoms with Crippen LogP contribution < -0.4 is 19.5 Å². The first-order valence-corrected chi connectivity index (χ1v) is 9.84. The van der Waals surface area contributed by atoms with E-state index in [-0.39, 0.29) is 6.04 Å². The average Bonchev–Trinajstić information content (AvgIpc) is 3.26. The van der Waals surface area contributed by atoms with Gasteiger partial charge in [0.15, 0.2) is 11.5 Å². The van der Waals surface area contributed by atoms with Crippen LogP contribution in [0.2, 0.25) is 0 Å². The molecule has 2 aromatic carbocycles. The van der Waals surface area contributed by atoms with Gasteiger partial charge in [-0.1, -0.05) is 38.1 Å². The molecule has 30 heavy (non-hydrogen) atoms. The molecule has 2 heterocycles. The van der Waals surface area contributed by atoms with Crippen molar-refractivity contribution in [2.45, 2.75) is 25.8 Å². The number of rotatable bonds is 6. The van der Waals surface area contributed by atoms with Crippen molar-refractivity contribution >= 4 is 11.6 Å². The highest BCUT2D eigenvalue weighted by Gasteiger charge is 2.27. The predicted octanol–water partition coefficient (Wildman–Crippen LogP) is 4.48. The largest absolute Gasteiger partial charge is 0.496 e. The Morgan fingerprint density at radius 2 is 1.60 bits per heavy atom. The van der Waals surface area contributed by atoms with Crippen molar-refractivity contribution in [2.24, 2.45) is 0 Å². The van der Waals surface area contributed by atoms with Gasteiger partial charge in [0.25, 0.3) is 0 Å². The molecule has 1 aromatic heterocycles. The minimum atomic E-state index is -0.224. The quantitative estimate of drug-likeness (QED) is 0.651. The van der Waals surface area contributed by atoms with Crippen LogP contribution in [-0.4, -0.2) is 36.1 Å². The molecule has 0 bridgehead atoms. The molecule has 7 heteroatoms. The molecule has 1 aliphatic heterocycles. The van der Waals surface area contributed by atoms with Gasteiger partial charge in [-0.2, -0.15) is 10.1 Å². The minimum Gasteiger partial charge on any atom is -0.496 e. The maximum Gasteiger partial charge on any atom is 0.226 e. The molecule has 0 unspecified atom stereocenters. The molecule has 0 saturated heterocycles. The number of anilines is 1. The first-order valence-electron chi connectivity index (χ1n) is 9.84. The van der Waals surface area contributed by atoms with E-state index < -0.39 is 0 Å². The van der Waals surface area contributed by atoms with Crippen LogP contribution in [0, 0.1) is 0 Å². The summed E-state index contributed by atoms with van der Waals surface area (Å²) in [5, 5.41) is 7.81. The fraction of sp³-hybridized carbons (Fsp3) is 0.304. The van der Waals surface area contributed by atoms with Crippen LogP contribution in [0.15, 0.2) is 48.8 Å². The smallest absolute Gasteiger partial charge is 0.226 e. The van der Waals surface area contributed by atoms with Gasteiger partial charge in [0.05, 0.1) is 21.3 Å². The van der Waals surface area contributed by atoms with Crippen LogP contribution in [0.3, 0.4) is 0 Å². The zero-order chi connectivity index (χ0) is 21.3. The van der Waals surface area contributed by atoms with Crippen molar-refractivity contribution in [1.29, 1.82) is 0 Å². The third-order valence-electron chi connectivity index (χ3n) is 5.35. The second-order valence-corrected chi connectivity index (χ2v) is 7.40. The second kappa shape index (κ2) is 8.10. The van der Waals surface area contributed by atoms with E-state index in [2.05, 4.69) is 59.6 Å². The first kappa shape index (κ1) is 19.8. The molecule has 0 aliphatic carbocycles. The van der Waals surface area contributed by atoms with Crippen LogP contribution in [0.5, 0.6) is 17.2 Å². The molecular weight excluding hydrogens is 380 g/mol. The minimum absolute atomic E-state index is 0.224. The van der Waals surface area contributed by atoms with Gasteiger partial charge < -0.3 is 19.5 Å². The fourth-order valence-electron chi connectivity index (χ4n) is 3.66. The highest BCUT2D eigenvalue weighted by Crippen LogP contribution is 2.41. The Kier molecular flexibility index (Phi) is 5.35. The Hall–Kier alpha value is -3.48. The van der Waals surface area contributed by atoms with E-state index in [0.29, 0.717) is 29.1 Å². The predicted molar refractivity (Wildman–Crippen MR) is 116 cm³/mol. The number of nitrogens with zero attached hydrogens (tertiary/aromatic N) is 3. The number of fused-ring (bicyclic) bond motifs is 1. The van der Waals surface area contributed by atoms with E-state index in [1.54, 1.807) is 27.7 Å². The number of aromatic nitrogens is 3. The SMILES string of the molecule is COc1cc(OC)c([C@@H]2C=C(c3ccc(C(C)C)cc3)Nc3ncnn32)cc1OC. The molecule has 1 aliphatic rings. The summed E-state index contributed by atoms with van der Waals surface area (Å²) in [7, 11) is 4.87. The Morgan fingerprint density at radius 1 is 0.933 bits per heavy atom. The van der Waals surface area contributed by atoms with Gasteiger partial charge in [0, 0.05) is 17.3 Å². The molecule has 0 fully saturated rings. The summed E-state index contributed by atoms with van der Waals surface area (Å²) >= 11 is 0. The van der Waals surface area contributed by atoms with Crippen LogP contribution in [0.25, 0.3) is 5.70 Å². The van der Waals surface area contributed by atoms with E-state index in [1.165, 1.54) is 5.56 Å². The van der Waals surface area contributed by atoms with Crippen LogP contribution in [-0.2, 0) is 0 Å². The van der Waals surface area contributed by atoms with Gasteiger partial charge in [-0.3, -0.25) is 0 Å². The maximum atomic E-state index is 5.67. The van der Waals surface area contributed by atoms with E-state index in [1.807, 2.05) is 16.8 Å². The lowest BCUT2D eigenvalue weighted by molar-refractivity contribution is 0.346. The molecule has 3 aromatic rings. The first-order chi connectivity index (χ1) is 14.5. The zero-order valence-electron chi connectivity index (χ0n) is 17.8. The molecule has 156 valence electrons. The Labute approximate surface area is 176 Å². The fourth-order valence-corrected chi connectivity index (χ4v) is 3.66. The molecule has 0 amide bonds. The van der Waals surface area contributed by atoms with Crippen molar-refractivity contribution in [3.8, 4) is 17.2 Å². The van der Waals surface area contributed by atoms with Gasteiger partial charge in [0.2, 0.25) is 5.95 Å². The lowest BCUT2D eigenvalue weighted by Gasteiger charge is -2.26. The third kappa shape index (κ3) is 3.47. The Bertz CT molecular complexity index is 1070. The number of nitrogens with one attached hydrogen (secondary N) is 1. The summed E-state index contributed by atoms with van der Waals surface area (Å²) in [6, 6.07) is 12.1. The normalized spacial score (nSPS) is 15.3. The molecule has 1 N–H and O–H groups in total. The number of benzene rings is 2. The summed E-state index contributed by atoms with van der Waals surface area (Å²) in [6.45, 7) is 4.38. The summed E-state index contributed by atoms with van der Waals surface area (Å²) in [5.41, 5.74) is 4.25. The molecule has 1 atom stereocenters.